The summed E-state index contributed by atoms with van der Waals surface area (Å²) in [4.78, 5) is 16.1. The molecule has 0 atom stereocenters. The molecular formula is C14H11FN4O. The van der Waals surface area contributed by atoms with Crippen LogP contribution in [0.2, 0.25) is 0 Å². The summed E-state index contributed by atoms with van der Waals surface area (Å²) in [5.41, 5.74) is 1.73. The van der Waals surface area contributed by atoms with E-state index < -0.39 is 0 Å². The monoisotopic (exact) mass is 270 g/mol. The maximum Gasteiger partial charge on any atom is 0.272 e. The standard InChI is InChI=1S/C14H11FN4O/c15-11-4-2-10(3-5-11)9-17-14(20)12-8-13-16-6-1-7-19(13)18-12/h1-8H,9H2,(H,17,20). The molecule has 2 heterocycles. The van der Waals surface area contributed by atoms with Crippen LogP contribution in [0.4, 0.5) is 4.39 Å². The van der Waals surface area contributed by atoms with E-state index in [0.29, 0.717) is 17.9 Å². The third kappa shape index (κ3) is 2.49. The highest BCUT2D eigenvalue weighted by atomic mass is 19.1. The Bertz CT molecular complexity index is 718. The lowest BCUT2D eigenvalue weighted by Crippen LogP contribution is -2.23. The summed E-state index contributed by atoms with van der Waals surface area (Å²) in [7, 11) is 0. The van der Waals surface area contributed by atoms with E-state index in [1.54, 1.807) is 36.7 Å². The van der Waals surface area contributed by atoms with Crippen molar-refractivity contribution in [1.29, 1.82) is 0 Å². The number of hydrogen-bond donors (Lipinski definition) is 1. The highest BCUT2D eigenvalue weighted by Crippen LogP contribution is 2.05. The molecular weight excluding hydrogens is 259 g/mol. The minimum atomic E-state index is -0.300. The molecule has 2 aromatic heterocycles. The highest BCUT2D eigenvalue weighted by molar-refractivity contribution is 5.93. The number of nitrogens with zero attached hydrogens (tertiary/aromatic N) is 3. The van der Waals surface area contributed by atoms with Gasteiger partial charge in [-0.2, -0.15) is 5.10 Å². The van der Waals surface area contributed by atoms with Crippen molar-refractivity contribution in [2.45, 2.75) is 6.54 Å². The van der Waals surface area contributed by atoms with Crippen molar-refractivity contribution in [3.05, 3.63) is 65.9 Å². The molecule has 0 unspecified atom stereocenters. The zero-order valence-electron chi connectivity index (χ0n) is 10.5. The molecule has 0 aliphatic rings. The summed E-state index contributed by atoms with van der Waals surface area (Å²) < 4.78 is 14.3. The number of hydrogen-bond acceptors (Lipinski definition) is 3. The van der Waals surface area contributed by atoms with E-state index in [1.165, 1.54) is 16.6 Å². The fourth-order valence-electron chi connectivity index (χ4n) is 1.82. The smallest absolute Gasteiger partial charge is 0.272 e. The van der Waals surface area contributed by atoms with Crippen molar-refractivity contribution >= 4 is 11.6 Å². The first-order valence-electron chi connectivity index (χ1n) is 6.05. The molecule has 6 heteroatoms. The minimum absolute atomic E-state index is 0.292. The summed E-state index contributed by atoms with van der Waals surface area (Å²) in [6.07, 6.45) is 3.36. The second-order valence-corrected chi connectivity index (χ2v) is 4.26. The van der Waals surface area contributed by atoms with Crippen molar-refractivity contribution in [2.75, 3.05) is 0 Å². The molecule has 0 aliphatic carbocycles. The lowest BCUT2D eigenvalue weighted by molar-refractivity contribution is 0.0945. The third-order valence-electron chi connectivity index (χ3n) is 2.84. The molecule has 20 heavy (non-hydrogen) atoms. The molecule has 3 rings (SSSR count). The molecule has 100 valence electrons. The maximum atomic E-state index is 12.8. The van der Waals surface area contributed by atoms with Gasteiger partial charge in [0, 0.05) is 25.0 Å². The van der Waals surface area contributed by atoms with Crippen molar-refractivity contribution < 1.29 is 9.18 Å². The number of benzene rings is 1. The normalized spacial score (nSPS) is 10.7. The van der Waals surface area contributed by atoms with Crippen molar-refractivity contribution in [3.8, 4) is 0 Å². The van der Waals surface area contributed by atoms with Crippen molar-refractivity contribution in [2.24, 2.45) is 0 Å². The molecule has 1 aromatic carbocycles. The Morgan fingerprint density at radius 3 is 2.85 bits per heavy atom. The fourth-order valence-corrected chi connectivity index (χ4v) is 1.82. The van der Waals surface area contributed by atoms with Crippen LogP contribution in [0.1, 0.15) is 16.1 Å². The van der Waals surface area contributed by atoms with E-state index in [9.17, 15) is 9.18 Å². The van der Waals surface area contributed by atoms with E-state index >= 15 is 0 Å². The van der Waals surface area contributed by atoms with Crippen molar-refractivity contribution in [1.82, 2.24) is 19.9 Å². The number of halogens is 1. The van der Waals surface area contributed by atoms with Crippen LogP contribution in [0.15, 0.2) is 48.8 Å². The predicted molar refractivity (Wildman–Crippen MR) is 70.6 cm³/mol. The first-order chi connectivity index (χ1) is 9.72. The van der Waals surface area contributed by atoms with Crippen LogP contribution in [0, 0.1) is 5.82 Å². The van der Waals surface area contributed by atoms with E-state index in [1.807, 2.05) is 0 Å². The van der Waals surface area contributed by atoms with E-state index in [-0.39, 0.29) is 11.7 Å². The molecule has 3 aromatic rings. The second kappa shape index (κ2) is 5.08. The average Bonchev–Trinajstić information content (AvgIpc) is 2.90. The van der Waals surface area contributed by atoms with Gasteiger partial charge in [-0.25, -0.2) is 13.9 Å². The molecule has 0 fully saturated rings. The topological polar surface area (TPSA) is 59.3 Å². The SMILES string of the molecule is O=C(NCc1ccc(F)cc1)c1cc2ncccn2n1. The van der Waals surface area contributed by atoms with Gasteiger partial charge in [0.1, 0.15) is 5.82 Å². The van der Waals surface area contributed by atoms with Gasteiger partial charge in [0.2, 0.25) is 0 Å². The number of nitrogens with one attached hydrogen (secondary N) is 1. The number of amides is 1. The van der Waals surface area contributed by atoms with Crippen LogP contribution in [0.25, 0.3) is 5.65 Å². The number of carbonyl (C=O) groups excluding carboxylic acids is 1. The van der Waals surface area contributed by atoms with Gasteiger partial charge in [0.25, 0.3) is 5.91 Å². The van der Waals surface area contributed by atoms with Crippen LogP contribution in [-0.4, -0.2) is 20.5 Å². The van der Waals surface area contributed by atoms with Crippen LogP contribution in [-0.2, 0) is 6.54 Å². The summed E-state index contributed by atoms with van der Waals surface area (Å²) in [5.74, 6) is -0.591. The highest BCUT2D eigenvalue weighted by Gasteiger charge is 2.10. The number of carbonyl (C=O) groups is 1. The molecule has 0 spiro atoms. The molecule has 0 aliphatic heterocycles. The van der Waals surface area contributed by atoms with Gasteiger partial charge in [0.15, 0.2) is 11.3 Å². The zero-order chi connectivity index (χ0) is 13.9. The summed E-state index contributed by atoms with van der Waals surface area (Å²) >= 11 is 0. The van der Waals surface area contributed by atoms with Gasteiger partial charge in [0.05, 0.1) is 0 Å². The number of aromatic nitrogens is 3. The van der Waals surface area contributed by atoms with E-state index in [0.717, 1.165) is 5.56 Å². The zero-order valence-corrected chi connectivity index (χ0v) is 10.5. The van der Waals surface area contributed by atoms with Gasteiger partial charge in [-0.15, -0.1) is 0 Å². The van der Waals surface area contributed by atoms with Crippen molar-refractivity contribution in [3.63, 3.8) is 0 Å². The van der Waals surface area contributed by atoms with E-state index in [4.69, 9.17) is 0 Å². The van der Waals surface area contributed by atoms with Crippen LogP contribution < -0.4 is 5.32 Å². The molecule has 0 saturated carbocycles. The van der Waals surface area contributed by atoms with Gasteiger partial charge < -0.3 is 5.32 Å². The molecule has 5 nitrogen and oxygen atoms in total. The Hall–Kier alpha value is -2.76. The molecule has 0 bridgehead atoms. The Balaban J connectivity index is 1.71. The van der Waals surface area contributed by atoms with Crippen LogP contribution in [0.3, 0.4) is 0 Å². The molecule has 1 N–H and O–H groups in total. The molecule has 0 radical (unpaired) electrons. The largest absolute Gasteiger partial charge is 0.347 e. The number of fused-ring (bicyclic) bond motifs is 1. The predicted octanol–water partition coefficient (Wildman–Crippen LogP) is 1.80. The lowest BCUT2D eigenvalue weighted by atomic mass is 10.2. The lowest BCUT2D eigenvalue weighted by Gasteiger charge is -2.02. The first kappa shape index (κ1) is 12.3. The second-order valence-electron chi connectivity index (χ2n) is 4.26. The van der Waals surface area contributed by atoms with E-state index in [2.05, 4.69) is 15.4 Å². The fraction of sp³-hybridized carbons (Fsp3) is 0.0714. The quantitative estimate of drug-likeness (QED) is 0.789. The maximum absolute atomic E-state index is 12.8. The Kier molecular flexibility index (Phi) is 3.12. The summed E-state index contributed by atoms with van der Waals surface area (Å²) in [5, 5.41) is 6.85. The van der Waals surface area contributed by atoms with Gasteiger partial charge in [-0.05, 0) is 23.8 Å². The minimum Gasteiger partial charge on any atom is -0.347 e. The Morgan fingerprint density at radius 1 is 1.30 bits per heavy atom. The third-order valence-corrected chi connectivity index (χ3v) is 2.84. The molecule has 1 amide bonds. The summed E-state index contributed by atoms with van der Waals surface area (Å²) in [6.45, 7) is 0.320. The number of rotatable bonds is 3. The Morgan fingerprint density at radius 2 is 2.10 bits per heavy atom. The summed E-state index contributed by atoms with van der Waals surface area (Å²) in [6, 6.07) is 9.31. The van der Waals surface area contributed by atoms with Gasteiger partial charge >= 0.3 is 0 Å². The average molecular weight is 270 g/mol. The first-order valence-corrected chi connectivity index (χ1v) is 6.05. The van der Waals surface area contributed by atoms with Gasteiger partial charge in [-0.1, -0.05) is 12.1 Å². The Labute approximate surface area is 114 Å². The van der Waals surface area contributed by atoms with Crippen LogP contribution >= 0.6 is 0 Å². The van der Waals surface area contributed by atoms with Gasteiger partial charge in [-0.3, -0.25) is 4.79 Å². The van der Waals surface area contributed by atoms with Crippen LogP contribution in [0.5, 0.6) is 0 Å². The molecule has 0 saturated heterocycles.